The highest BCUT2D eigenvalue weighted by molar-refractivity contribution is 5.48. The van der Waals surface area contributed by atoms with Crippen molar-refractivity contribution in [1.29, 1.82) is 0 Å². The fourth-order valence-corrected chi connectivity index (χ4v) is 2.75. The van der Waals surface area contributed by atoms with Gasteiger partial charge in [0.2, 0.25) is 0 Å². The van der Waals surface area contributed by atoms with Crippen LogP contribution in [0.4, 0.5) is 5.69 Å². The summed E-state index contributed by atoms with van der Waals surface area (Å²) in [6.07, 6.45) is 3.95. The maximum atomic E-state index is 3.37. The normalized spacial score (nSPS) is 18.6. The topological polar surface area (TPSA) is 15.3 Å². The fourth-order valence-electron chi connectivity index (χ4n) is 2.75. The molecule has 0 amide bonds. The molecule has 0 aromatic heterocycles. The van der Waals surface area contributed by atoms with Crippen molar-refractivity contribution < 1.29 is 0 Å². The van der Waals surface area contributed by atoms with E-state index in [0.717, 1.165) is 13.1 Å². The number of anilines is 1. The molecule has 0 saturated carbocycles. The van der Waals surface area contributed by atoms with Gasteiger partial charge >= 0.3 is 0 Å². The Labute approximate surface area is 118 Å². The molecule has 1 N–H and O–H groups in total. The molecule has 0 bridgehead atoms. The van der Waals surface area contributed by atoms with E-state index >= 15 is 0 Å². The SMILES string of the molecule is CCNCc1ccc(N2CCC(C)(CC)CC2)cc1. The fraction of sp³-hybridized carbons (Fsp3) is 0.647. The second-order valence-electron chi connectivity index (χ2n) is 6.10. The van der Waals surface area contributed by atoms with E-state index in [9.17, 15) is 0 Å². The molecule has 1 aromatic carbocycles. The van der Waals surface area contributed by atoms with Crippen molar-refractivity contribution in [3.8, 4) is 0 Å². The zero-order valence-electron chi connectivity index (χ0n) is 12.7. The van der Waals surface area contributed by atoms with Crippen LogP contribution >= 0.6 is 0 Å². The lowest BCUT2D eigenvalue weighted by atomic mass is 9.78. The first-order valence-electron chi connectivity index (χ1n) is 7.71. The molecule has 2 rings (SSSR count). The van der Waals surface area contributed by atoms with Crippen LogP contribution in [0.3, 0.4) is 0 Å². The van der Waals surface area contributed by atoms with E-state index in [2.05, 4.69) is 55.3 Å². The molecule has 0 spiro atoms. The summed E-state index contributed by atoms with van der Waals surface area (Å²) in [5, 5.41) is 3.37. The van der Waals surface area contributed by atoms with Crippen LogP contribution in [0.5, 0.6) is 0 Å². The molecule has 2 heteroatoms. The summed E-state index contributed by atoms with van der Waals surface area (Å²) in [7, 11) is 0. The lowest BCUT2D eigenvalue weighted by molar-refractivity contribution is 0.238. The van der Waals surface area contributed by atoms with E-state index in [1.54, 1.807) is 0 Å². The highest BCUT2D eigenvalue weighted by atomic mass is 15.1. The Balaban J connectivity index is 1.92. The first-order chi connectivity index (χ1) is 9.17. The molecule has 1 saturated heterocycles. The van der Waals surface area contributed by atoms with Crippen LogP contribution in [0.1, 0.15) is 45.6 Å². The van der Waals surface area contributed by atoms with Crippen molar-refractivity contribution in [3.05, 3.63) is 29.8 Å². The van der Waals surface area contributed by atoms with Crippen molar-refractivity contribution in [2.24, 2.45) is 5.41 Å². The van der Waals surface area contributed by atoms with Gasteiger partial charge in [-0.1, -0.05) is 39.3 Å². The quantitative estimate of drug-likeness (QED) is 0.866. The van der Waals surface area contributed by atoms with Crippen LogP contribution in [-0.4, -0.2) is 19.6 Å². The highest BCUT2D eigenvalue weighted by Crippen LogP contribution is 2.35. The summed E-state index contributed by atoms with van der Waals surface area (Å²) >= 11 is 0. The van der Waals surface area contributed by atoms with Gasteiger partial charge < -0.3 is 10.2 Å². The van der Waals surface area contributed by atoms with Crippen LogP contribution in [-0.2, 0) is 6.54 Å². The van der Waals surface area contributed by atoms with Gasteiger partial charge in [-0.3, -0.25) is 0 Å². The predicted molar refractivity (Wildman–Crippen MR) is 83.7 cm³/mol. The Morgan fingerprint density at radius 3 is 2.26 bits per heavy atom. The summed E-state index contributed by atoms with van der Waals surface area (Å²) in [4.78, 5) is 2.54. The van der Waals surface area contributed by atoms with Gasteiger partial charge in [-0.05, 0) is 42.5 Å². The molecular weight excluding hydrogens is 232 g/mol. The maximum absolute atomic E-state index is 3.37. The van der Waals surface area contributed by atoms with Gasteiger partial charge in [-0.25, -0.2) is 0 Å². The number of rotatable bonds is 5. The molecule has 0 radical (unpaired) electrons. The largest absolute Gasteiger partial charge is 0.371 e. The van der Waals surface area contributed by atoms with Crippen molar-refractivity contribution in [3.63, 3.8) is 0 Å². The number of nitrogens with one attached hydrogen (secondary N) is 1. The molecule has 106 valence electrons. The Bertz CT molecular complexity index is 375. The van der Waals surface area contributed by atoms with Gasteiger partial charge in [0.1, 0.15) is 0 Å². The van der Waals surface area contributed by atoms with Gasteiger partial charge in [0.15, 0.2) is 0 Å². The lowest BCUT2D eigenvalue weighted by Crippen LogP contribution is -2.38. The van der Waals surface area contributed by atoms with Crippen LogP contribution in [0, 0.1) is 5.41 Å². The zero-order valence-corrected chi connectivity index (χ0v) is 12.7. The summed E-state index contributed by atoms with van der Waals surface area (Å²) in [6.45, 7) is 11.3. The van der Waals surface area contributed by atoms with Gasteiger partial charge in [0.25, 0.3) is 0 Å². The van der Waals surface area contributed by atoms with E-state index in [4.69, 9.17) is 0 Å². The number of nitrogens with zero attached hydrogens (tertiary/aromatic N) is 1. The molecule has 1 aliphatic rings. The third-order valence-corrected chi connectivity index (χ3v) is 4.70. The molecule has 19 heavy (non-hydrogen) atoms. The van der Waals surface area contributed by atoms with Crippen LogP contribution in [0.25, 0.3) is 0 Å². The number of hydrogen-bond donors (Lipinski definition) is 1. The summed E-state index contributed by atoms with van der Waals surface area (Å²) in [5.41, 5.74) is 3.33. The Morgan fingerprint density at radius 1 is 1.11 bits per heavy atom. The van der Waals surface area contributed by atoms with E-state index in [-0.39, 0.29) is 0 Å². The number of benzene rings is 1. The lowest BCUT2D eigenvalue weighted by Gasteiger charge is -2.40. The van der Waals surface area contributed by atoms with E-state index in [0.29, 0.717) is 5.41 Å². The molecular formula is C17H28N2. The Morgan fingerprint density at radius 2 is 1.74 bits per heavy atom. The average Bonchev–Trinajstić information content (AvgIpc) is 2.47. The van der Waals surface area contributed by atoms with Crippen LogP contribution in [0.2, 0.25) is 0 Å². The smallest absolute Gasteiger partial charge is 0.0366 e. The first-order valence-corrected chi connectivity index (χ1v) is 7.71. The minimum absolute atomic E-state index is 0.571. The van der Waals surface area contributed by atoms with E-state index in [1.807, 2.05) is 0 Å². The minimum atomic E-state index is 0.571. The predicted octanol–water partition coefficient (Wildman–Crippen LogP) is 3.81. The van der Waals surface area contributed by atoms with E-state index < -0.39 is 0 Å². The van der Waals surface area contributed by atoms with Crippen molar-refractivity contribution in [1.82, 2.24) is 5.32 Å². The second-order valence-corrected chi connectivity index (χ2v) is 6.10. The van der Waals surface area contributed by atoms with Crippen molar-refractivity contribution >= 4 is 5.69 Å². The van der Waals surface area contributed by atoms with Gasteiger partial charge in [-0.2, -0.15) is 0 Å². The third-order valence-electron chi connectivity index (χ3n) is 4.70. The first kappa shape index (κ1) is 14.4. The Hall–Kier alpha value is -1.02. The van der Waals surface area contributed by atoms with Gasteiger partial charge in [0, 0.05) is 25.3 Å². The molecule has 2 nitrogen and oxygen atoms in total. The Kier molecular flexibility index (Phi) is 4.87. The standard InChI is InChI=1S/C17H28N2/c1-4-17(3)10-12-19(13-11-17)16-8-6-15(7-9-16)14-18-5-2/h6-9,18H,4-5,10-14H2,1-3H3. The number of piperidine rings is 1. The number of hydrogen-bond acceptors (Lipinski definition) is 2. The van der Waals surface area contributed by atoms with Crippen molar-refractivity contribution in [2.45, 2.75) is 46.6 Å². The average molecular weight is 260 g/mol. The summed E-state index contributed by atoms with van der Waals surface area (Å²) < 4.78 is 0. The molecule has 0 aliphatic carbocycles. The zero-order chi connectivity index (χ0) is 13.7. The third kappa shape index (κ3) is 3.73. The molecule has 1 heterocycles. The molecule has 1 aromatic rings. The van der Waals surface area contributed by atoms with Gasteiger partial charge in [-0.15, -0.1) is 0 Å². The maximum Gasteiger partial charge on any atom is 0.0366 e. The molecule has 1 aliphatic heterocycles. The monoisotopic (exact) mass is 260 g/mol. The summed E-state index contributed by atoms with van der Waals surface area (Å²) in [6, 6.07) is 9.07. The molecule has 1 fully saturated rings. The molecule has 0 unspecified atom stereocenters. The minimum Gasteiger partial charge on any atom is -0.371 e. The van der Waals surface area contributed by atoms with E-state index in [1.165, 1.54) is 43.6 Å². The molecule has 0 atom stereocenters. The highest BCUT2D eigenvalue weighted by Gasteiger charge is 2.28. The second kappa shape index (κ2) is 6.42. The van der Waals surface area contributed by atoms with Gasteiger partial charge in [0.05, 0.1) is 0 Å². The van der Waals surface area contributed by atoms with Crippen LogP contribution < -0.4 is 10.2 Å². The summed E-state index contributed by atoms with van der Waals surface area (Å²) in [5.74, 6) is 0. The van der Waals surface area contributed by atoms with Crippen LogP contribution in [0.15, 0.2) is 24.3 Å². The van der Waals surface area contributed by atoms with Crippen molar-refractivity contribution in [2.75, 3.05) is 24.5 Å².